The fourth-order valence-electron chi connectivity index (χ4n) is 2.89. The van der Waals surface area contributed by atoms with Gasteiger partial charge in [-0.05, 0) is 37.3 Å². The van der Waals surface area contributed by atoms with Crippen molar-refractivity contribution in [3.8, 4) is 39.1 Å². The monoisotopic (exact) mass is 377 g/mol. The molecule has 4 aromatic rings. The van der Waals surface area contributed by atoms with E-state index in [0.717, 1.165) is 33.5 Å². The number of fused-ring (bicyclic) bond motifs is 1. The number of benzene rings is 2. The van der Waals surface area contributed by atoms with Gasteiger partial charge in [0.15, 0.2) is 23.0 Å². The predicted octanol–water partition coefficient (Wildman–Crippen LogP) is 3.68. The summed E-state index contributed by atoms with van der Waals surface area (Å²) in [7, 11) is 0. The van der Waals surface area contributed by atoms with E-state index in [0.29, 0.717) is 11.5 Å². The minimum atomic E-state index is 0.250. The van der Waals surface area contributed by atoms with Crippen molar-refractivity contribution in [1.82, 2.24) is 20.0 Å². The van der Waals surface area contributed by atoms with Crippen LogP contribution < -0.4 is 15.2 Å². The van der Waals surface area contributed by atoms with Crippen LogP contribution in [0.3, 0.4) is 0 Å². The molecule has 0 saturated carbocycles. The number of thiazole rings is 1. The largest absolute Gasteiger partial charge is 0.454 e. The van der Waals surface area contributed by atoms with Crippen LogP contribution in [0.1, 0.15) is 5.56 Å². The summed E-state index contributed by atoms with van der Waals surface area (Å²) in [6, 6.07) is 13.7. The molecule has 134 valence electrons. The molecule has 3 heterocycles. The molecule has 0 atom stereocenters. The van der Waals surface area contributed by atoms with Crippen LogP contribution in [0.15, 0.2) is 47.8 Å². The van der Waals surface area contributed by atoms with Crippen LogP contribution in [-0.4, -0.2) is 26.8 Å². The maximum atomic E-state index is 6.30. The number of rotatable bonds is 3. The van der Waals surface area contributed by atoms with E-state index in [9.17, 15) is 0 Å². The summed E-state index contributed by atoms with van der Waals surface area (Å²) in [6.07, 6.45) is 0. The maximum absolute atomic E-state index is 6.30. The Hall–Kier alpha value is -3.39. The fraction of sp³-hybridized carbons (Fsp3) is 0.105. The second kappa shape index (κ2) is 6.10. The minimum absolute atomic E-state index is 0.250. The zero-order chi connectivity index (χ0) is 18.4. The molecule has 1 aliphatic rings. The maximum Gasteiger partial charge on any atom is 0.231 e. The van der Waals surface area contributed by atoms with Crippen molar-refractivity contribution in [2.24, 2.45) is 0 Å². The van der Waals surface area contributed by atoms with Gasteiger partial charge in [0.05, 0.1) is 11.4 Å². The molecule has 2 aromatic heterocycles. The molecule has 0 radical (unpaired) electrons. The van der Waals surface area contributed by atoms with Crippen LogP contribution in [-0.2, 0) is 0 Å². The molecular formula is C19H15N5O2S. The molecule has 27 heavy (non-hydrogen) atoms. The van der Waals surface area contributed by atoms with E-state index >= 15 is 0 Å². The van der Waals surface area contributed by atoms with Crippen molar-refractivity contribution >= 4 is 17.2 Å². The van der Waals surface area contributed by atoms with E-state index in [1.165, 1.54) is 16.9 Å². The lowest BCUT2D eigenvalue weighted by molar-refractivity contribution is 0.174. The lowest BCUT2D eigenvalue weighted by Gasteiger charge is -2.03. The van der Waals surface area contributed by atoms with Crippen molar-refractivity contribution in [2.75, 3.05) is 12.5 Å². The summed E-state index contributed by atoms with van der Waals surface area (Å²) < 4.78 is 12.4. The Morgan fingerprint density at radius 1 is 1.07 bits per heavy atom. The third-order valence-electron chi connectivity index (χ3n) is 4.36. The third-order valence-corrected chi connectivity index (χ3v) is 5.21. The Morgan fingerprint density at radius 3 is 2.74 bits per heavy atom. The van der Waals surface area contributed by atoms with E-state index in [2.05, 4.69) is 15.3 Å². The molecule has 0 spiro atoms. The molecule has 0 unspecified atom stereocenters. The topological polar surface area (TPSA) is 88.1 Å². The van der Waals surface area contributed by atoms with Gasteiger partial charge < -0.3 is 15.2 Å². The van der Waals surface area contributed by atoms with Crippen molar-refractivity contribution < 1.29 is 9.47 Å². The molecule has 0 aliphatic carbocycles. The summed E-state index contributed by atoms with van der Waals surface area (Å²) >= 11 is 1.48. The van der Waals surface area contributed by atoms with E-state index in [4.69, 9.17) is 15.2 Å². The molecule has 2 aromatic carbocycles. The van der Waals surface area contributed by atoms with Gasteiger partial charge in [0.25, 0.3) is 0 Å². The lowest BCUT2D eigenvalue weighted by atomic mass is 10.1. The van der Waals surface area contributed by atoms with Crippen LogP contribution in [0.2, 0.25) is 0 Å². The summed E-state index contributed by atoms with van der Waals surface area (Å²) in [5.74, 6) is 1.94. The third kappa shape index (κ3) is 2.70. The van der Waals surface area contributed by atoms with Gasteiger partial charge in [0, 0.05) is 10.9 Å². The number of hydrogen-bond donors (Lipinski definition) is 1. The standard InChI is InChI=1S/C19H15N5O2S/c1-11-2-5-13(6-3-11)24-18(20)17(22-23-24)19-21-14(9-27-19)12-4-7-15-16(8-12)26-10-25-15/h2-9H,10,20H2,1H3. The van der Waals surface area contributed by atoms with Crippen molar-refractivity contribution in [3.63, 3.8) is 0 Å². The highest BCUT2D eigenvalue weighted by molar-refractivity contribution is 7.13. The van der Waals surface area contributed by atoms with Crippen molar-refractivity contribution in [3.05, 3.63) is 53.4 Å². The van der Waals surface area contributed by atoms with Crippen LogP contribution in [0.25, 0.3) is 27.6 Å². The van der Waals surface area contributed by atoms with Crippen LogP contribution in [0.5, 0.6) is 11.5 Å². The molecule has 2 N–H and O–H groups in total. The number of anilines is 1. The molecule has 5 rings (SSSR count). The number of ether oxygens (including phenoxy) is 2. The molecule has 0 amide bonds. The van der Waals surface area contributed by atoms with Gasteiger partial charge >= 0.3 is 0 Å². The zero-order valence-corrected chi connectivity index (χ0v) is 15.2. The first-order chi connectivity index (χ1) is 13.2. The predicted molar refractivity (Wildman–Crippen MR) is 103 cm³/mol. The first-order valence-electron chi connectivity index (χ1n) is 8.33. The molecule has 1 aliphatic heterocycles. The number of nitrogens with two attached hydrogens (primary N) is 1. The first-order valence-corrected chi connectivity index (χ1v) is 9.21. The quantitative estimate of drug-likeness (QED) is 0.586. The smallest absolute Gasteiger partial charge is 0.231 e. The van der Waals surface area contributed by atoms with Crippen LogP contribution in [0, 0.1) is 6.92 Å². The molecule has 0 saturated heterocycles. The van der Waals surface area contributed by atoms with E-state index in [1.54, 1.807) is 4.68 Å². The minimum Gasteiger partial charge on any atom is -0.454 e. The summed E-state index contributed by atoms with van der Waals surface area (Å²) in [4.78, 5) is 4.68. The van der Waals surface area contributed by atoms with Gasteiger partial charge in [-0.3, -0.25) is 0 Å². The van der Waals surface area contributed by atoms with Gasteiger partial charge in [-0.25, -0.2) is 4.98 Å². The molecule has 0 bridgehead atoms. The Balaban J connectivity index is 1.49. The molecule has 7 nitrogen and oxygen atoms in total. The summed E-state index contributed by atoms with van der Waals surface area (Å²) in [5.41, 5.74) is 10.7. The fourth-order valence-corrected chi connectivity index (χ4v) is 3.71. The summed E-state index contributed by atoms with van der Waals surface area (Å²) in [6.45, 7) is 2.28. The average Bonchev–Trinajstić information content (AvgIpc) is 3.41. The zero-order valence-electron chi connectivity index (χ0n) is 14.4. The Bertz CT molecular complexity index is 1130. The van der Waals surface area contributed by atoms with E-state index in [1.807, 2.05) is 54.8 Å². The Labute approximate surface area is 159 Å². The van der Waals surface area contributed by atoms with Gasteiger partial charge in [0.2, 0.25) is 6.79 Å². The second-order valence-electron chi connectivity index (χ2n) is 6.18. The van der Waals surface area contributed by atoms with Crippen molar-refractivity contribution in [1.29, 1.82) is 0 Å². The average molecular weight is 377 g/mol. The lowest BCUT2D eigenvalue weighted by Crippen LogP contribution is -2.02. The molecule has 0 fully saturated rings. The number of aromatic nitrogens is 4. The van der Waals surface area contributed by atoms with Gasteiger partial charge in [-0.15, -0.1) is 16.4 Å². The highest BCUT2D eigenvalue weighted by Crippen LogP contribution is 2.37. The Kier molecular flexibility index (Phi) is 3.58. The van der Waals surface area contributed by atoms with E-state index in [-0.39, 0.29) is 6.79 Å². The van der Waals surface area contributed by atoms with E-state index < -0.39 is 0 Å². The number of nitrogens with zero attached hydrogens (tertiary/aromatic N) is 4. The highest BCUT2D eigenvalue weighted by atomic mass is 32.1. The molecular weight excluding hydrogens is 362 g/mol. The van der Waals surface area contributed by atoms with Gasteiger partial charge in [-0.2, -0.15) is 4.68 Å². The van der Waals surface area contributed by atoms with Gasteiger partial charge in [-0.1, -0.05) is 22.9 Å². The Morgan fingerprint density at radius 2 is 1.89 bits per heavy atom. The summed E-state index contributed by atoms with van der Waals surface area (Å²) in [5, 5.41) is 11.1. The van der Waals surface area contributed by atoms with Gasteiger partial charge in [0.1, 0.15) is 5.01 Å². The second-order valence-corrected chi connectivity index (χ2v) is 7.03. The number of nitrogen functional groups attached to an aromatic ring is 1. The number of aryl methyl sites for hydroxylation is 1. The number of hydrogen-bond acceptors (Lipinski definition) is 7. The van der Waals surface area contributed by atoms with Crippen LogP contribution in [0.4, 0.5) is 5.82 Å². The highest BCUT2D eigenvalue weighted by Gasteiger charge is 2.19. The van der Waals surface area contributed by atoms with Crippen molar-refractivity contribution in [2.45, 2.75) is 6.92 Å². The first kappa shape index (κ1) is 15.8. The normalized spacial score (nSPS) is 12.5. The SMILES string of the molecule is Cc1ccc(-n2nnc(-c3nc(-c4ccc5c(c4)OCO5)cs3)c2N)cc1. The van der Waals surface area contributed by atoms with Crippen LogP contribution >= 0.6 is 11.3 Å². The molecule has 8 heteroatoms.